The first-order chi connectivity index (χ1) is 5.04. The number of hydrogen-bond donors (Lipinski definition) is 1. The Morgan fingerprint density at radius 1 is 1.73 bits per heavy atom. The topological polar surface area (TPSA) is 40.5 Å². The first kappa shape index (κ1) is 8.46. The highest BCUT2D eigenvalue weighted by Crippen LogP contribution is 2.20. The molecule has 0 radical (unpaired) electrons. The number of likely N-dealkylation sites (tertiary alicyclic amines) is 1. The number of hydrogen-bond acceptors (Lipinski definition) is 2. The molecule has 0 unspecified atom stereocenters. The number of aliphatic hydroxyl groups is 1. The van der Waals surface area contributed by atoms with Crippen molar-refractivity contribution < 1.29 is 14.3 Å². The Kier molecular flexibility index (Phi) is 2.13. The van der Waals surface area contributed by atoms with Crippen molar-refractivity contribution in [2.45, 2.75) is 32.2 Å². The first-order valence-corrected chi connectivity index (χ1v) is 3.63. The van der Waals surface area contributed by atoms with E-state index in [4.69, 9.17) is 5.11 Å². The van der Waals surface area contributed by atoms with E-state index in [-0.39, 0.29) is 12.5 Å². The van der Waals surface area contributed by atoms with Crippen LogP contribution in [0.1, 0.15) is 13.8 Å². The maximum atomic E-state index is 12.9. The van der Waals surface area contributed by atoms with Crippen molar-refractivity contribution in [3.63, 3.8) is 0 Å². The molecule has 1 fully saturated rings. The van der Waals surface area contributed by atoms with Gasteiger partial charge in [0.25, 0.3) is 0 Å². The normalized spacial score (nSPS) is 37.8. The van der Waals surface area contributed by atoms with Gasteiger partial charge in [0.15, 0.2) is 0 Å². The molecule has 0 spiro atoms. The molecule has 0 bridgehead atoms. The van der Waals surface area contributed by atoms with Gasteiger partial charge in [-0.05, 0) is 6.92 Å². The van der Waals surface area contributed by atoms with Gasteiger partial charge < -0.3 is 10.0 Å². The van der Waals surface area contributed by atoms with Gasteiger partial charge in [-0.15, -0.1) is 0 Å². The van der Waals surface area contributed by atoms with Crippen LogP contribution in [0.3, 0.4) is 0 Å². The van der Waals surface area contributed by atoms with E-state index in [2.05, 4.69) is 0 Å². The van der Waals surface area contributed by atoms with E-state index < -0.39 is 18.3 Å². The zero-order valence-electron chi connectivity index (χ0n) is 6.62. The summed E-state index contributed by atoms with van der Waals surface area (Å²) in [7, 11) is 0. The Hall–Kier alpha value is -0.640. The van der Waals surface area contributed by atoms with Gasteiger partial charge >= 0.3 is 0 Å². The molecule has 1 aliphatic heterocycles. The summed E-state index contributed by atoms with van der Waals surface area (Å²) in [5, 5.41) is 9.02. The summed E-state index contributed by atoms with van der Waals surface area (Å²) in [6.45, 7) is 3.10. The Morgan fingerprint density at radius 3 is 2.45 bits per heavy atom. The predicted molar refractivity (Wildman–Crippen MR) is 37.8 cm³/mol. The van der Waals surface area contributed by atoms with Crippen LogP contribution in [0.25, 0.3) is 0 Å². The SMILES string of the molecule is CC(=O)N1C[C@@H](O)[C@H](F)[C@H]1C. The van der Waals surface area contributed by atoms with Gasteiger partial charge in [-0.2, -0.15) is 0 Å². The average Bonchev–Trinajstić information content (AvgIpc) is 2.17. The molecular weight excluding hydrogens is 149 g/mol. The Balaban J connectivity index is 2.67. The number of amides is 1. The number of β-amino-alcohol motifs (C(OH)–C–C–N with tert-alkyl or cyclic N) is 1. The molecule has 1 rings (SSSR count). The highest BCUT2D eigenvalue weighted by Gasteiger charge is 2.39. The Bertz CT molecular complexity index is 174. The summed E-state index contributed by atoms with van der Waals surface area (Å²) in [5.74, 6) is -0.184. The molecule has 0 aliphatic carbocycles. The van der Waals surface area contributed by atoms with Gasteiger partial charge in [0, 0.05) is 13.5 Å². The van der Waals surface area contributed by atoms with Gasteiger partial charge in [-0.3, -0.25) is 4.79 Å². The molecule has 11 heavy (non-hydrogen) atoms. The third kappa shape index (κ3) is 1.35. The summed E-state index contributed by atoms with van der Waals surface area (Å²) in [6, 6.07) is -0.484. The molecule has 3 nitrogen and oxygen atoms in total. The molecule has 1 saturated heterocycles. The van der Waals surface area contributed by atoms with Crippen LogP contribution in [0, 0.1) is 0 Å². The van der Waals surface area contributed by atoms with Gasteiger partial charge in [0.2, 0.25) is 5.91 Å². The smallest absolute Gasteiger partial charge is 0.219 e. The van der Waals surface area contributed by atoms with Crippen LogP contribution in [-0.4, -0.2) is 40.8 Å². The number of alkyl halides is 1. The molecule has 0 aromatic heterocycles. The molecule has 0 saturated carbocycles. The lowest BCUT2D eigenvalue weighted by Crippen LogP contribution is -2.34. The molecule has 0 aromatic rings. The standard InChI is InChI=1S/C7H12FNO2/c1-4-7(8)6(11)3-9(4)5(2)10/h4,6-7,11H,3H2,1-2H3/t4-,6-,7-/m1/s1. The van der Waals surface area contributed by atoms with E-state index in [1.807, 2.05) is 0 Å². The molecule has 4 heteroatoms. The highest BCUT2D eigenvalue weighted by atomic mass is 19.1. The van der Waals surface area contributed by atoms with Crippen molar-refractivity contribution in [1.82, 2.24) is 4.90 Å². The minimum absolute atomic E-state index is 0.123. The largest absolute Gasteiger partial charge is 0.388 e. The van der Waals surface area contributed by atoms with Crippen molar-refractivity contribution in [2.24, 2.45) is 0 Å². The number of carbonyl (C=O) groups is 1. The van der Waals surface area contributed by atoms with E-state index in [1.54, 1.807) is 6.92 Å². The minimum Gasteiger partial charge on any atom is -0.388 e. The number of nitrogens with zero attached hydrogens (tertiary/aromatic N) is 1. The molecular formula is C7H12FNO2. The van der Waals surface area contributed by atoms with Crippen molar-refractivity contribution in [2.75, 3.05) is 6.54 Å². The average molecular weight is 161 g/mol. The fourth-order valence-corrected chi connectivity index (χ4v) is 1.38. The van der Waals surface area contributed by atoms with Gasteiger partial charge in [0.05, 0.1) is 6.04 Å². The van der Waals surface area contributed by atoms with Crippen molar-refractivity contribution in [3.05, 3.63) is 0 Å². The predicted octanol–water partition coefficient (Wildman–Crippen LogP) is -0.0640. The third-order valence-electron chi connectivity index (χ3n) is 2.11. The Labute approximate surface area is 64.8 Å². The maximum Gasteiger partial charge on any atom is 0.219 e. The van der Waals surface area contributed by atoms with E-state index in [0.717, 1.165) is 0 Å². The first-order valence-electron chi connectivity index (χ1n) is 3.63. The van der Waals surface area contributed by atoms with Gasteiger partial charge in [0.1, 0.15) is 12.3 Å². The molecule has 1 amide bonds. The molecule has 1 heterocycles. The monoisotopic (exact) mass is 161 g/mol. The molecule has 1 N–H and O–H groups in total. The summed E-state index contributed by atoms with van der Waals surface area (Å²) >= 11 is 0. The number of aliphatic hydroxyl groups excluding tert-OH is 1. The molecule has 3 atom stereocenters. The van der Waals surface area contributed by atoms with E-state index >= 15 is 0 Å². The summed E-state index contributed by atoms with van der Waals surface area (Å²) in [5.41, 5.74) is 0. The molecule has 64 valence electrons. The lowest BCUT2D eigenvalue weighted by atomic mass is 10.2. The number of rotatable bonds is 0. The Morgan fingerprint density at radius 2 is 2.27 bits per heavy atom. The number of halogens is 1. The fraction of sp³-hybridized carbons (Fsp3) is 0.857. The van der Waals surface area contributed by atoms with Crippen LogP contribution in [-0.2, 0) is 4.79 Å². The summed E-state index contributed by atoms with van der Waals surface area (Å²) in [6.07, 6.45) is -2.30. The van der Waals surface area contributed by atoms with Crippen LogP contribution in [0.2, 0.25) is 0 Å². The van der Waals surface area contributed by atoms with Crippen LogP contribution in [0.4, 0.5) is 4.39 Å². The number of carbonyl (C=O) groups excluding carboxylic acids is 1. The highest BCUT2D eigenvalue weighted by molar-refractivity contribution is 5.74. The van der Waals surface area contributed by atoms with Crippen LogP contribution < -0.4 is 0 Å². The summed E-state index contributed by atoms with van der Waals surface area (Å²) < 4.78 is 12.9. The van der Waals surface area contributed by atoms with E-state index in [9.17, 15) is 9.18 Å². The lowest BCUT2D eigenvalue weighted by Gasteiger charge is -2.18. The second kappa shape index (κ2) is 2.77. The zero-order chi connectivity index (χ0) is 8.59. The molecule has 0 aromatic carbocycles. The van der Waals surface area contributed by atoms with Gasteiger partial charge in [-0.1, -0.05) is 0 Å². The quantitative estimate of drug-likeness (QED) is 0.540. The van der Waals surface area contributed by atoms with E-state index in [0.29, 0.717) is 0 Å². The van der Waals surface area contributed by atoms with Crippen molar-refractivity contribution >= 4 is 5.91 Å². The van der Waals surface area contributed by atoms with Gasteiger partial charge in [-0.25, -0.2) is 4.39 Å². The van der Waals surface area contributed by atoms with Crippen molar-refractivity contribution in [3.8, 4) is 0 Å². The van der Waals surface area contributed by atoms with Crippen molar-refractivity contribution in [1.29, 1.82) is 0 Å². The van der Waals surface area contributed by atoms with Crippen LogP contribution in [0.5, 0.6) is 0 Å². The maximum absolute atomic E-state index is 12.9. The molecule has 1 aliphatic rings. The van der Waals surface area contributed by atoms with E-state index in [1.165, 1.54) is 11.8 Å². The lowest BCUT2D eigenvalue weighted by molar-refractivity contribution is -0.129. The minimum atomic E-state index is -1.29. The van der Waals surface area contributed by atoms with Crippen LogP contribution in [0.15, 0.2) is 0 Å². The second-order valence-electron chi connectivity index (χ2n) is 2.92. The van der Waals surface area contributed by atoms with Crippen LogP contribution >= 0.6 is 0 Å². The fourth-order valence-electron chi connectivity index (χ4n) is 1.38. The third-order valence-corrected chi connectivity index (χ3v) is 2.11. The summed E-state index contributed by atoms with van der Waals surface area (Å²) in [4.78, 5) is 12.1. The zero-order valence-corrected chi connectivity index (χ0v) is 6.62. The second-order valence-corrected chi connectivity index (χ2v) is 2.92.